The average Bonchev–Trinajstić information content (AvgIpc) is 3.45. The third-order valence-corrected chi connectivity index (χ3v) is 3.95. The van der Waals surface area contributed by atoms with Gasteiger partial charge in [0.2, 0.25) is 0 Å². The minimum Gasteiger partial charge on any atom is -0.457 e. The Morgan fingerprint density at radius 2 is 1.93 bits per heavy atom. The molecule has 0 aliphatic heterocycles. The number of aromatic nitrogens is 4. The minimum absolute atomic E-state index is 0.236. The Labute approximate surface area is 165 Å². The second kappa shape index (κ2) is 8.61. The van der Waals surface area contributed by atoms with E-state index in [4.69, 9.17) is 9.15 Å². The van der Waals surface area contributed by atoms with Gasteiger partial charge < -0.3 is 9.15 Å². The van der Waals surface area contributed by atoms with Crippen LogP contribution in [-0.2, 0) is 11.3 Å². The molecule has 2 heterocycles. The molecule has 29 heavy (non-hydrogen) atoms. The number of aromatic amines is 1. The van der Waals surface area contributed by atoms with E-state index in [2.05, 4.69) is 31.2 Å². The van der Waals surface area contributed by atoms with E-state index in [1.54, 1.807) is 30.3 Å². The molecule has 4 rings (SSSR count). The van der Waals surface area contributed by atoms with Crippen LogP contribution in [-0.4, -0.2) is 32.8 Å². The van der Waals surface area contributed by atoms with E-state index in [0.717, 1.165) is 11.1 Å². The van der Waals surface area contributed by atoms with Crippen LogP contribution < -0.4 is 5.43 Å². The largest absolute Gasteiger partial charge is 0.457 e. The van der Waals surface area contributed by atoms with Crippen molar-refractivity contribution in [2.24, 2.45) is 5.10 Å². The maximum Gasteiger partial charge on any atom is 0.338 e. The van der Waals surface area contributed by atoms with E-state index >= 15 is 0 Å². The number of carbonyl (C=O) groups excluding carboxylic acids is 1. The summed E-state index contributed by atoms with van der Waals surface area (Å²) in [6.45, 7) is 0.236. The number of rotatable bonds is 7. The Kier molecular flexibility index (Phi) is 5.38. The van der Waals surface area contributed by atoms with Gasteiger partial charge in [-0.1, -0.05) is 47.6 Å². The number of tetrazole rings is 1. The Bertz CT molecular complexity index is 1090. The Morgan fingerprint density at radius 3 is 2.69 bits per heavy atom. The number of benzene rings is 2. The molecule has 0 amide bonds. The van der Waals surface area contributed by atoms with Gasteiger partial charge in [-0.2, -0.15) is 10.3 Å². The summed E-state index contributed by atoms with van der Waals surface area (Å²) in [6, 6.07) is 20.2. The number of hydrogen-bond donors (Lipinski definition) is 2. The van der Waals surface area contributed by atoms with Gasteiger partial charge >= 0.3 is 5.97 Å². The highest BCUT2D eigenvalue weighted by Crippen LogP contribution is 2.22. The monoisotopic (exact) mass is 388 g/mol. The van der Waals surface area contributed by atoms with Gasteiger partial charge in [-0.25, -0.2) is 10.2 Å². The number of nitrogens with zero attached hydrogens (tertiary/aromatic N) is 4. The molecule has 9 nitrogen and oxygen atoms in total. The molecule has 2 aromatic heterocycles. The van der Waals surface area contributed by atoms with E-state index in [1.807, 2.05) is 36.4 Å². The van der Waals surface area contributed by atoms with Gasteiger partial charge in [-0.05, 0) is 35.0 Å². The van der Waals surface area contributed by atoms with Gasteiger partial charge in [0, 0.05) is 5.56 Å². The van der Waals surface area contributed by atoms with Crippen LogP contribution in [0.1, 0.15) is 21.7 Å². The molecule has 2 N–H and O–H groups in total. The fourth-order valence-electron chi connectivity index (χ4n) is 2.52. The molecule has 9 heteroatoms. The van der Waals surface area contributed by atoms with Crippen LogP contribution in [0.5, 0.6) is 0 Å². The average molecular weight is 388 g/mol. The molecule has 0 aliphatic rings. The molecular formula is C20H16N6O3. The molecule has 0 bridgehead atoms. The van der Waals surface area contributed by atoms with E-state index < -0.39 is 0 Å². The maximum atomic E-state index is 12.2. The summed E-state index contributed by atoms with van der Waals surface area (Å²) < 4.78 is 11.1. The molecule has 0 fully saturated rings. The summed E-state index contributed by atoms with van der Waals surface area (Å²) >= 11 is 0. The van der Waals surface area contributed by atoms with Crippen LogP contribution in [0.4, 0.5) is 5.95 Å². The zero-order chi connectivity index (χ0) is 19.9. The highest BCUT2D eigenvalue weighted by molar-refractivity contribution is 5.90. The van der Waals surface area contributed by atoms with Crippen molar-refractivity contribution in [1.29, 1.82) is 0 Å². The van der Waals surface area contributed by atoms with E-state index in [9.17, 15) is 4.79 Å². The number of H-pyrrole nitrogens is 1. The lowest BCUT2D eigenvalue weighted by molar-refractivity contribution is 0.0472. The minimum atomic E-state index is -0.375. The Hall–Kier alpha value is -4.27. The van der Waals surface area contributed by atoms with Crippen molar-refractivity contribution in [3.05, 3.63) is 83.6 Å². The highest BCUT2D eigenvalue weighted by atomic mass is 16.5. The molecule has 0 saturated heterocycles. The smallest absolute Gasteiger partial charge is 0.338 e. The predicted molar refractivity (Wildman–Crippen MR) is 105 cm³/mol. The molecule has 0 spiro atoms. The number of hydrogen-bond acceptors (Lipinski definition) is 8. The van der Waals surface area contributed by atoms with Crippen molar-refractivity contribution >= 4 is 18.1 Å². The lowest BCUT2D eigenvalue weighted by atomic mass is 10.1. The van der Waals surface area contributed by atoms with Crippen LogP contribution in [0.3, 0.4) is 0 Å². The lowest BCUT2D eigenvalue weighted by Crippen LogP contribution is -2.04. The summed E-state index contributed by atoms with van der Waals surface area (Å²) in [6.07, 6.45) is 1.50. The summed E-state index contributed by atoms with van der Waals surface area (Å²) in [5.41, 5.74) is 4.85. The van der Waals surface area contributed by atoms with Crippen LogP contribution >= 0.6 is 0 Å². The van der Waals surface area contributed by atoms with Crippen LogP contribution in [0.25, 0.3) is 11.3 Å². The van der Waals surface area contributed by atoms with Crippen molar-refractivity contribution < 1.29 is 13.9 Å². The first-order valence-electron chi connectivity index (χ1n) is 8.72. The predicted octanol–water partition coefficient (Wildman–Crippen LogP) is 3.26. The molecule has 0 aliphatic carbocycles. The summed E-state index contributed by atoms with van der Waals surface area (Å²) in [7, 11) is 0. The van der Waals surface area contributed by atoms with Crippen LogP contribution in [0.15, 0.2) is 76.2 Å². The van der Waals surface area contributed by atoms with Gasteiger partial charge in [-0.15, -0.1) is 5.10 Å². The molecule has 4 aromatic rings. The molecule has 0 saturated carbocycles. The first-order chi connectivity index (χ1) is 14.3. The molecular weight excluding hydrogens is 372 g/mol. The molecule has 2 aromatic carbocycles. The van der Waals surface area contributed by atoms with Crippen molar-refractivity contribution in [2.45, 2.75) is 6.61 Å². The number of ether oxygens (including phenoxy) is 1. The van der Waals surface area contributed by atoms with Gasteiger partial charge in [-0.3, -0.25) is 0 Å². The van der Waals surface area contributed by atoms with Crippen molar-refractivity contribution in [3.63, 3.8) is 0 Å². The van der Waals surface area contributed by atoms with Gasteiger partial charge in [0.25, 0.3) is 5.95 Å². The number of esters is 1. The second-order valence-electron chi connectivity index (χ2n) is 5.95. The topological polar surface area (TPSA) is 118 Å². The van der Waals surface area contributed by atoms with E-state index in [1.165, 1.54) is 6.21 Å². The quantitative estimate of drug-likeness (QED) is 0.283. The Morgan fingerprint density at radius 1 is 1.10 bits per heavy atom. The van der Waals surface area contributed by atoms with E-state index in [-0.39, 0.29) is 18.5 Å². The summed E-state index contributed by atoms with van der Waals surface area (Å²) in [4.78, 5) is 12.2. The molecule has 144 valence electrons. The van der Waals surface area contributed by atoms with E-state index in [0.29, 0.717) is 17.1 Å². The summed E-state index contributed by atoms with van der Waals surface area (Å²) in [5, 5.41) is 17.1. The van der Waals surface area contributed by atoms with Crippen molar-refractivity contribution in [2.75, 3.05) is 5.43 Å². The van der Waals surface area contributed by atoms with Gasteiger partial charge in [0.05, 0.1) is 11.8 Å². The normalized spacial score (nSPS) is 10.9. The van der Waals surface area contributed by atoms with Crippen molar-refractivity contribution in [3.8, 4) is 11.3 Å². The highest BCUT2D eigenvalue weighted by Gasteiger charge is 2.09. The summed E-state index contributed by atoms with van der Waals surface area (Å²) in [5.74, 6) is 1.07. The molecule has 0 radical (unpaired) electrons. The first kappa shape index (κ1) is 18.1. The number of anilines is 1. The SMILES string of the molecule is O=C(OCc1ccccc1)c1ccc(-c2ccc(C=NNc3nn[nH]n3)o2)cc1. The Balaban J connectivity index is 1.35. The van der Waals surface area contributed by atoms with Crippen LogP contribution in [0.2, 0.25) is 0 Å². The second-order valence-corrected chi connectivity index (χ2v) is 5.95. The number of hydrazone groups is 1. The maximum absolute atomic E-state index is 12.2. The standard InChI is InChI=1S/C20H16N6O3/c27-19(28-13-14-4-2-1-3-5-14)16-8-6-15(7-9-16)18-11-10-17(29-18)12-21-22-20-23-25-26-24-20/h1-12H,13H2,(H2,22,23,24,25,26). The third-order valence-electron chi connectivity index (χ3n) is 3.95. The number of furan rings is 1. The fraction of sp³-hybridized carbons (Fsp3) is 0.0500. The number of carbonyl (C=O) groups is 1. The fourth-order valence-corrected chi connectivity index (χ4v) is 2.52. The third kappa shape index (κ3) is 4.72. The molecule has 0 unspecified atom stereocenters. The van der Waals surface area contributed by atoms with Crippen LogP contribution in [0, 0.1) is 0 Å². The zero-order valence-corrected chi connectivity index (χ0v) is 15.1. The zero-order valence-electron chi connectivity index (χ0n) is 15.1. The number of nitrogens with one attached hydrogen (secondary N) is 2. The lowest BCUT2D eigenvalue weighted by Gasteiger charge is -2.05. The van der Waals surface area contributed by atoms with Gasteiger partial charge in [0.15, 0.2) is 0 Å². The van der Waals surface area contributed by atoms with Crippen molar-refractivity contribution in [1.82, 2.24) is 20.6 Å². The van der Waals surface area contributed by atoms with Gasteiger partial charge in [0.1, 0.15) is 18.1 Å². The molecule has 0 atom stereocenters. The first-order valence-corrected chi connectivity index (χ1v) is 8.72.